The quantitative estimate of drug-likeness (QED) is 0.434. The van der Waals surface area contributed by atoms with Crippen molar-refractivity contribution in [2.24, 2.45) is 0 Å². The first-order chi connectivity index (χ1) is 5.18. The standard InChI is InChI=1S/C9H16O2/c1-4-6-11-7-5-9(10)8(2)3/h2,4-7H2,1,3H3. The molecule has 0 aromatic rings. The number of ether oxygens (including phenoxy) is 1. The SMILES string of the molecule is C=C(C)C(=O)CCOCCC. The molecule has 64 valence electrons. The molecule has 0 aliphatic heterocycles. The summed E-state index contributed by atoms with van der Waals surface area (Å²) in [6, 6.07) is 0. The van der Waals surface area contributed by atoms with Gasteiger partial charge in [0.15, 0.2) is 5.78 Å². The van der Waals surface area contributed by atoms with Crippen molar-refractivity contribution < 1.29 is 9.53 Å². The molecule has 2 heteroatoms. The van der Waals surface area contributed by atoms with Crippen molar-refractivity contribution in [1.82, 2.24) is 0 Å². The maximum Gasteiger partial charge on any atom is 0.160 e. The highest BCUT2D eigenvalue weighted by molar-refractivity contribution is 5.94. The van der Waals surface area contributed by atoms with E-state index < -0.39 is 0 Å². The van der Waals surface area contributed by atoms with Crippen molar-refractivity contribution >= 4 is 5.78 Å². The molecule has 0 bridgehead atoms. The van der Waals surface area contributed by atoms with Gasteiger partial charge in [0.2, 0.25) is 0 Å². The number of allylic oxidation sites excluding steroid dienone is 1. The summed E-state index contributed by atoms with van der Waals surface area (Å²) >= 11 is 0. The summed E-state index contributed by atoms with van der Waals surface area (Å²) < 4.78 is 5.14. The van der Waals surface area contributed by atoms with E-state index in [1.54, 1.807) is 6.92 Å². The third-order valence-corrected chi connectivity index (χ3v) is 1.30. The molecule has 0 aromatic carbocycles. The van der Waals surface area contributed by atoms with Crippen molar-refractivity contribution in [2.45, 2.75) is 26.7 Å². The lowest BCUT2D eigenvalue weighted by molar-refractivity contribution is -0.116. The Hall–Kier alpha value is -0.630. The lowest BCUT2D eigenvalue weighted by atomic mass is 10.2. The molecule has 0 aliphatic carbocycles. The highest BCUT2D eigenvalue weighted by atomic mass is 16.5. The van der Waals surface area contributed by atoms with Crippen LogP contribution >= 0.6 is 0 Å². The van der Waals surface area contributed by atoms with Gasteiger partial charge >= 0.3 is 0 Å². The van der Waals surface area contributed by atoms with E-state index in [0.29, 0.717) is 18.6 Å². The van der Waals surface area contributed by atoms with Crippen molar-refractivity contribution in [3.8, 4) is 0 Å². The number of rotatable bonds is 6. The molecule has 0 aromatic heterocycles. The minimum absolute atomic E-state index is 0.0982. The first-order valence-corrected chi connectivity index (χ1v) is 3.95. The van der Waals surface area contributed by atoms with Crippen molar-refractivity contribution in [2.75, 3.05) is 13.2 Å². The van der Waals surface area contributed by atoms with Gasteiger partial charge < -0.3 is 4.74 Å². The Balaban J connectivity index is 3.25. The lowest BCUT2D eigenvalue weighted by Crippen LogP contribution is -2.04. The van der Waals surface area contributed by atoms with Gasteiger partial charge in [-0.25, -0.2) is 0 Å². The highest BCUT2D eigenvalue weighted by Crippen LogP contribution is 1.95. The van der Waals surface area contributed by atoms with E-state index in [9.17, 15) is 4.79 Å². The minimum Gasteiger partial charge on any atom is -0.381 e. The fourth-order valence-electron chi connectivity index (χ4n) is 0.625. The van der Waals surface area contributed by atoms with Crippen LogP contribution in [0.15, 0.2) is 12.2 Å². The smallest absolute Gasteiger partial charge is 0.160 e. The minimum atomic E-state index is 0.0982. The fourth-order valence-corrected chi connectivity index (χ4v) is 0.625. The molecule has 0 heterocycles. The lowest BCUT2D eigenvalue weighted by Gasteiger charge is -2.00. The Bertz CT molecular complexity index is 138. The van der Waals surface area contributed by atoms with Gasteiger partial charge in [-0.15, -0.1) is 0 Å². The Kier molecular flexibility index (Phi) is 5.75. The van der Waals surface area contributed by atoms with Gasteiger partial charge in [-0.3, -0.25) is 4.79 Å². The third kappa shape index (κ3) is 5.80. The molecule has 11 heavy (non-hydrogen) atoms. The molecule has 0 rings (SSSR count). The summed E-state index contributed by atoms with van der Waals surface area (Å²) in [5.74, 6) is 0.0982. The second kappa shape index (κ2) is 6.10. The molecule has 0 saturated carbocycles. The summed E-state index contributed by atoms with van der Waals surface area (Å²) in [5.41, 5.74) is 0.616. The zero-order valence-corrected chi connectivity index (χ0v) is 7.35. The Morgan fingerprint density at radius 1 is 1.45 bits per heavy atom. The number of ketones is 1. The maximum absolute atomic E-state index is 10.9. The number of carbonyl (C=O) groups is 1. The number of carbonyl (C=O) groups excluding carboxylic acids is 1. The maximum atomic E-state index is 10.9. The molecule has 0 fully saturated rings. The van der Waals surface area contributed by atoms with Gasteiger partial charge in [-0.1, -0.05) is 13.5 Å². The summed E-state index contributed by atoms with van der Waals surface area (Å²) in [6.07, 6.45) is 1.47. The monoisotopic (exact) mass is 156 g/mol. The van der Waals surface area contributed by atoms with Crippen LogP contribution in [0.4, 0.5) is 0 Å². The Morgan fingerprint density at radius 3 is 2.55 bits per heavy atom. The number of hydrogen-bond acceptors (Lipinski definition) is 2. The van der Waals surface area contributed by atoms with E-state index >= 15 is 0 Å². The molecule has 0 N–H and O–H groups in total. The molecule has 0 amide bonds. The molecular weight excluding hydrogens is 140 g/mol. The Morgan fingerprint density at radius 2 is 2.09 bits per heavy atom. The summed E-state index contributed by atoms with van der Waals surface area (Å²) in [7, 11) is 0. The first kappa shape index (κ1) is 10.4. The average Bonchev–Trinajstić information content (AvgIpc) is 1.97. The second-order valence-electron chi connectivity index (χ2n) is 2.57. The van der Waals surface area contributed by atoms with Gasteiger partial charge in [-0.2, -0.15) is 0 Å². The van der Waals surface area contributed by atoms with E-state index in [2.05, 4.69) is 6.58 Å². The summed E-state index contributed by atoms with van der Waals surface area (Å²) in [4.78, 5) is 10.9. The van der Waals surface area contributed by atoms with Gasteiger partial charge in [0.25, 0.3) is 0 Å². The van der Waals surface area contributed by atoms with Crippen LogP contribution in [0.3, 0.4) is 0 Å². The van der Waals surface area contributed by atoms with Gasteiger partial charge in [0.1, 0.15) is 0 Å². The first-order valence-electron chi connectivity index (χ1n) is 3.95. The van der Waals surface area contributed by atoms with Crippen molar-refractivity contribution in [1.29, 1.82) is 0 Å². The molecule has 0 spiro atoms. The number of Topliss-reactive ketones (excluding diaryl/α,β-unsaturated/α-hetero) is 1. The van der Waals surface area contributed by atoms with Crippen LogP contribution in [0, 0.1) is 0 Å². The molecular formula is C9H16O2. The van der Waals surface area contributed by atoms with Crippen LogP contribution in [0.25, 0.3) is 0 Å². The van der Waals surface area contributed by atoms with Crippen molar-refractivity contribution in [3.63, 3.8) is 0 Å². The molecule has 0 radical (unpaired) electrons. The predicted molar refractivity (Wildman–Crippen MR) is 45.5 cm³/mol. The molecule has 0 unspecified atom stereocenters. The third-order valence-electron chi connectivity index (χ3n) is 1.30. The highest BCUT2D eigenvalue weighted by Gasteiger charge is 2.00. The van der Waals surface area contributed by atoms with Gasteiger partial charge in [0, 0.05) is 13.0 Å². The molecule has 0 saturated heterocycles. The Labute approximate surface area is 68.2 Å². The molecule has 0 atom stereocenters. The summed E-state index contributed by atoms with van der Waals surface area (Å²) in [5, 5.41) is 0. The second-order valence-corrected chi connectivity index (χ2v) is 2.57. The van der Waals surface area contributed by atoms with E-state index in [1.165, 1.54) is 0 Å². The van der Waals surface area contributed by atoms with E-state index in [4.69, 9.17) is 4.74 Å². The summed E-state index contributed by atoms with van der Waals surface area (Å²) in [6.45, 7) is 8.58. The van der Waals surface area contributed by atoms with Crippen LogP contribution in [0.5, 0.6) is 0 Å². The van der Waals surface area contributed by atoms with E-state index in [-0.39, 0.29) is 5.78 Å². The number of hydrogen-bond donors (Lipinski definition) is 0. The van der Waals surface area contributed by atoms with Crippen LogP contribution in [-0.2, 0) is 9.53 Å². The average molecular weight is 156 g/mol. The zero-order chi connectivity index (χ0) is 8.69. The van der Waals surface area contributed by atoms with Crippen LogP contribution < -0.4 is 0 Å². The van der Waals surface area contributed by atoms with Crippen LogP contribution in [-0.4, -0.2) is 19.0 Å². The van der Waals surface area contributed by atoms with Gasteiger partial charge in [0.05, 0.1) is 6.61 Å². The van der Waals surface area contributed by atoms with E-state index in [0.717, 1.165) is 13.0 Å². The predicted octanol–water partition coefficient (Wildman–Crippen LogP) is 1.95. The molecule has 0 aliphatic rings. The van der Waals surface area contributed by atoms with Gasteiger partial charge in [-0.05, 0) is 18.9 Å². The fraction of sp³-hybridized carbons (Fsp3) is 0.667. The van der Waals surface area contributed by atoms with E-state index in [1.807, 2.05) is 6.92 Å². The normalized spacial score (nSPS) is 9.64. The zero-order valence-electron chi connectivity index (χ0n) is 7.35. The molecule has 2 nitrogen and oxygen atoms in total. The van der Waals surface area contributed by atoms with Crippen LogP contribution in [0.1, 0.15) is 26.7 Å². The topological polar surface area (TPSA) is 26.3 Å². The largest absolute Gasteiger partial charge is 0.381 e. The van der Waals surface area contributed by atoms with Crippen molar-refractivity contribution in [3.05, 3.63) is 12.2 Å². The van der Waals surface area contributed by atoms with Crippen LogP contribution in [0.2, 0.25) is 0 Å².